The van der Waals surface area contributed by atoms with Crippen LogP contribution in [0.15, 0.2) is 0 Å². The van der Waals surface area contributed by atoms with E-state index in [2.05, 4.69) is 45.9 Å². The second-order valence-electron chi connectivity index (χ2n) is 7.46. The second-order valence-corrected chi connectivity index (χ2v) is 7.46. The Morgan fingerprint density at radius 1 is 0.769 bits per heavy atom. The van der Waals surface area contributed by atoms with E-state index in [-0.39, 0.29) is 16.9 Å². The molecule has 1 atom stereocenters. The van der Waals surface area contributed by atoms with Gasteiger partial charge in [-0.1, -0.05) is 48.0 Å². The molecule has 5 heteroatoms. The Hall–Kier alpha value is -1.61. The normalized spacial score (nSPS) is 12.1. The summed E-state index contributed by atoms with van der Waals surface area (Å²) in [5, 5.41) is 26.1. The third-order valence-corrected chi connectivity index (χ3v) is 4.11. The van der Waals surface area contributed by atoms with Crippen molar-refractivity contribution in [3.05, 3.63) is 0 Å². The first-order valence-corrected chi connectivity index (χ1v) is 9.62. The van der Waals surface area contributed by atoms with E-state index in [0.717, 1.165) is 19.3 Å². The Morgan fingerprint density at radius 3 is 1.85 bits per heavy atom. The van der Waals surface area contributed by atoms with Gasteiger partial charge in [0.25, 0.3) is 0 Å². The van der Waals surface area contributed by atoms with Crippen LogP contribution in [0, 0.1) is 44.8 Å². The van der Waals surface area contributed by atoms with Gasteiger partial charge < -0.3 is 9.47 Å². The number of nitriles is 3. The SMILES string of the molecule is CC.CC(C)(CCCCC#N)C(OCCC#N)C(C)(C)COCCC#N. The summed E-state index contributed by atoms with van der Waals surface area (Å²) in [6.45, 7) is 13.9. The molecule has 0 N–H and O–H groups in total. The van der Waals surface area contributed by atoms with Crippen LogP contribution < -0.4 is 0 Å². The zero-order chi connectivity index (χ0) is 20.5. The molecular formula is C21H37N3O2. The third kappa shape index (κ3) is 11.9. The van der Waals surface area contributed by atoms with E-state index in [9.17, 15) is 0 Å². The van der Waals surface area contributed by atoms with Crippen LogP contribution >= 0.6 is 0 Å². The molecule has 0 aromatic heterocycles. The molecule has 0 aliphatic rings. The summed E-state index contributed by atoms with van der Waals surface area (Å²) in [5.74, 6) is 0. The summed E-state index contributed by atoms with van der Waals surface area (Å²) in [6, 6.07) is 6.38. The van der Waals surface area contributed by atoms with Crippen LogP contribution in [0.2, 0.25) is 0 Å². The Kier molecular flexibility index (Phi) is 16.0. The average Bonchev–Trinajstić information content (AvgIpc) is 2.61. The molecule has 0 saturated carbocycles. The van der Waals surface area contributed by atoms with Crippen LogP contribution in [-0.4, -0.2) is 25.9 Å². The maximum absolute atomic E-state index is 8.77. The Labute approximate surface area is 160 Å². The first-order valence-electron chi connectivity index (χ1n) is 9.62. The molecule has 0 saturated heterocycles. The van der Waals surface area contributed by atoms with E-state index in [1.165, 1.54) is 0 Å². The number of rotatable bonds is 13. The molecule has 0 spiro atoms. The average molecular weight is 364 g/mol. The number of hydrogen-bond acceptors (Lipinski definition) is 5. The number of nitrogens with zero attached hydrogens (tertiary/aromatic N) is 3. The summed E-state index contributed by atoms with van der Waals surface area (Å²) < 4.78 is 11.7. The van der Waals surface area contributed by atoms with Crippen molar-refractivity contribution in [1.82, 2.24) is 0 Å². The number of ether oxygens (including phenoxy) is 2. The van der Waals surface area contributed by atoms with E-state index in [1.807, 2.05) is 13.8 Å². The summed E-state index contributed by atoms with van der Waals surface area (Å²) in [6.07, 6.45) is 4.08. The summed E-state index contributed by atoms with van der Waals surface area (Å²) in [4.78, 5) is 0. The quantitative estimate of drug-likeness (QED) is 0.410. The maximum atomic E-state index is 8.77. The van der Waals surface area contributed by atoms with Gasteiger partial charge in [0.15, 0.2) is 0 Å². The van der Waals surface area contributed by atoms with E-state index in [0.29, 0.717) is 39.1 Å². The monoisotopic (exact) mass is 363 g/mol. The van der Waals surface area contributed by atoms with Crippen molar-refractivity contribution in [3.63, 3.8) is 0 Å². The third-order valence-electron chi connectivity index (χ3n) is 4.11. The molecule has 0 aliphatic heterocycles. The van der Waals surface area contributed by atoms with Crippen LogP contribution in [0.3, 0.4) is 0 Å². The molecule has 148 valence electrons. The van der Waals surface area contributed by atoms with Crippen LogP contribution in [0.25, 0.3) is 0 Å². The van der Waals surface area contributed by atoms with Gasteiger partial charge in [-0.15, -0.1) is 0 Å². The van der Waals surface area contributed by atoms with Gasteiger partial charge in [-0.25, -0.2) is 0 Å². The molecule has 0 fully saturated rings. The maximum Gasteiger partial charge on any atom is 0.0699 e. The highest BCUT2D eigenvalue weighted by molar-refractivity contribution is 4.91. The highest BCUT2D eigenvalue weighted by Crippen LogP contribution is 2.40. The van der Waals surface area contributed by atoms with E-state index >= 15 is 0 Å². The van der Waals surface area contributed by atoms with Crippen molar-refractivity contribution in [2.75, 3.05) is 19.8 Å². The first-order chi connectivity index (χ1) is 12.3. The lowest BCUT2D eigenvalue weighted by atomic mass is 9.69. The highest BCUT2D eigenvalue weighted by Gasteiger charge is 2.41. The van der Waals surface area contributed by atoms with Crippen LogP contribution in [0.1, 0.15) is 80.1 Å². The molecular weight excluding hydrogens is 326 g/mol. The van der Waals surface area contributed by atoms with Gasteiger partial charge in [0.1, 0.15) is 0 Å². The predicted octanol–water partition coefficient (Wildman–Crippen LogP) is 5.38. The molecule has 0 bridgehead atoms. The van der Waals surface area contributed by atoms with Gasteiger partial charge in [0, 0.05) is 11.8 Å². The molecule has 1 unspecified atom stereocenters. The Bertz CT molecular complexity index is 433. The molecule has 0 aliphatic carbocycles. The van der Waals surface area contributed by atoms with Crippen LogP contribution in [0.5, 0.6) is 0 Å². The molecule has 5 nitrogen and oxygen atoms in total. The van der Waals surface area contributed by atoms with Gasteiger partial charge in [-0.3, -0.25) is 0 Å². The summed E-state index contributed by atoms with van der Waals surface area (Å²) >= 11 is 0. The zero-order valence-electron chi connectivity index (χ0n) is 17.6. The minimum atomic E-state index is -0.233. The first kappa shape index (κ1) is 26.6. The van der Waals surface area contributed by atoms with Crippen molar-refractivity contribution in [3.8, 4) is 18.2 Å². The fraction of sp³-hybridized carbons (Fsp3) is 0.857. The predicted molar refractivity (Wildman–Crippen MR) is 104 cm³/mol. The van der Waals surface area contributed by atoms with E-state index in [4.69, 9.17) is 25.3 Å². The van der Waals surface area contributed by atoms with Gasteiger partial charge in [0.05, 0.1) is 57.0 Å². The lowest BCUT2D eigenvalue weighted by Gasteiger charge is -2.44. The zero-order valence-corrected chi connectivity index (χ0v) is 17.6. The van der Waals surface area contributed by atoms with Crippen molar-refractivity contribution >= 4 is 0 Å². The fourth-order valence-corrected chi connectivity index (χ4v) is 3.18. The van der Waals surface area contributed by atoms with Crippen molar-refractivity contribution in [1.29, 1.82) is 15.8 Å². The molecule has 0 radical (unpaired) electrons. The molecule has 0 aromatic carbocycles. The van der Waals surface area contributed by atoms with E-state index in [1.54, 1.807) is 0 Å². The Morgan fingerprint density at radius 2 is 1.31 bits per heavy atom. The van der Waals surface area contributed by atoms with Crippen molar-refractivity contribution < 1.29 is 9.47 Å². The van der Waals surface area contributed by atoms with Gasteiger partial charge in [-0.05, 0) is 18.3 Å². The number of unbranched alkanes of at least 4 members (excludes halogenated alkanes) is 2. The van der Waals surface area contributed by atoms with Gasteiger partial charge in [-0.2, -0.15) is 15.8 Å². The Balaban J connectivity index is 0. The topological polar surface area (TPSA) is 89.8 Å². The van der Waals surface area contributed by atoms with Crippen LogP contribution in [-0.2, 0) is 9.47 Å². The second kappa shape index (κ2) is 15.6. The minimum Gasteiger partial charge on any atom is -0.380 e. The largest absolute Gasteiger partial charge is 0.380 e. The van der Waals surface area contributed by atoms with Gasteiger partial charge in [0.2, 0.25) is 0 Å². The van der Waals surface area contributed by atoms with Crippen molar-refractivity contribution in [2.45, 2.75) is 86.2 Å². The lowest BCUT2D eigenvalue weighted by molar-refractivity contribution is -0.121. The standard InChI is InChI=1S/C19H31N3O2.C2H6/c1-18(2,10-6-5-7-11-20)17(24-15-9-13-22)19(3,4)16-23-14-8-12-21;1-2/h17H,5-10,14-16H2,1-4H3;1-2H3. The summed E-state index contributed by atoms with van der Waals surface area (Å²) in [5.41, 5.74) is -0.323. The molecule has 0 rings (SSSR count). The van der Waals surface area contributed by atoms with Gasteiger partial charge >= 0.3 is 0 Å². The molecule has 0 amide bonds. The number of hydrogen-bond donors (Lipinski definition) is 0. The molecule has 0 aromatic rings. The van der Waals surface area contributed by atoms with E-state index < -0.39 is 0 Å². The van der Waals surface area contributed by atoms with Crippen LogP contribution in [0.4, 0.5) is 0 Å². The highest BCUT2D eigenvalue weighted by atomic mass is 16.5. The fourth-order valence-electron chi connectivity index (χ4n) is 3.18. The molecule has 26 heavy (non-hydrogen) atoms. The molecule has 0 heterocycles. The van der Waals surface area contributed by atoms with Crippen molar-refractivity contribution in [2.24, 2.45) is 10.8 Å². The smallest absolute Gasteiger partial charge is 0.0699 e. The summed E-state index contributed by atoms with van der Waals surface area (Å²) in [7, 11) is 0. The minimum absolute atomic E-state index is 0.0671. The lowest BCUT2D eigenvalue weighted by Crippen LogP contribution is -2.46.